The van der Waals surface area contributed by atoms with E-state index >= 15 is 0 Å². The van der Waals surface area contributed by atoms with Crippen LogP contribution in [0, 0.1) is 0 Å². The predicted octanol–water partition coefficient (Wildman–Crippen LogP) is 1.76. The molecule has 0 saturated heterocycles. The molecule has 0 atom stereocenters. The van der Waals surface area contributed by atoms with Crippen LogP contribution in [0.15, 0.2) is 29.8 Å². The van der Waals surface area contributed by atoms with Gasteiger partial charge in [0.25, 0.3) is 0 Å². The maximum Gasteiger partial charge on any atom is 0.120 e. The van der Waals surface area contributed by atoms with Gasteiger partial charge in [0.2, 0.25) is 0 Å². The van der Waals surface area contributed by atoms with Crippen molar-refractivity contribution in [1.29, 1.82) is 0 Å². The molecule has 0 rings (SSSR count). The molecule has 0 spiro atoms. The fourth-order valence-corrected chi connectivity index (χ4v) is 0.673. The zero-order chi connectivity index (χ0) is 8.53. The van der Waals surface area contributed by atoms with Crippen LogP contribution >= 0.6 is 0 Å². The van der Waals surface area contributed by atoms with Gasteiger partial charge in [-0.1, -0.05) is 12.2 Å². The fraction of sp³-hybridized carbons (Fsp3) is 0.444. The average molecular weight is 152 g/mol. The van der Waals surface area contributed by atoms with Gasteiger partial charge in [-0.25, -0.2) is 0 Å². The third kappa shape index (κ3) is 5.40. The van der Waals surface area contributed by atoms with Crippen LogP contribution in [0.5, 0.6) is 0 Å². The molecule has 0 aromatic rings. The molecule has 0 unspecified atom stereocenters. The lowest BCUT2D eigenvalue weighted by Gasteiger charge is -2.01. The minimum atomic E-state index is 0.903. The van der Waals surface area contributed by atoms with E-state index in [1.165, 1.54) is 0 Å². The summed E-state index contributed by atoms with van der Waals surface area (Å²) in [6.07, 6.45) is 6.76. The molecule has 0 bridgehead atoms. The molecule has 0 amide bonds. The van der Waals surface area contributed by atoms with Crippen LogP contribution in [0.3, 0.4) is 0 Å². The molecule has 0 aromatic carbocycles. The van der Waals surface area contributed by atoms with E-state index in [1.54, 1.807) is 7.05 Å². The van der Waals surface area contributed by atoms with Gasteiger partial charge >= 0.3 is 0 Å². The molecule has 0 saturated carbocycles. The van der Waals surface area contributed by atoms with Gasteiger partial charge in [-0.2, -0.15) is 0 Å². The third-order valence-electron chi connectivity index (χ3n) is 1.22. The van der Waals surface area contributed by atoms with E-state index in [4.69, 9.17) is 0 Å². The number of nitrogens with one attached hydrogen (secondary N) is 1. The van der Waals surface area contributed by atoms with Crippen LogP contribution in [0.4, 0.5) is 0 Å². The van der Waals surface area contributed by atoms with Gasteiger partial charge in [0.1, 0.15) is 5.84 Å². The molecule has 0 fully saturated rings. The van der Waals surface area contributed by atoms with Crippen LogP contribution in [0.2, 0.25) is 0 Å². The van der Waals surface area contributed by atoms with Crippen LogP contribution in [0.25, 0.3) is 0 Å². The van der Waals surface area contributed by atoms with E-state index < -0.39 is 0 Å². The van der Waals surface area contributed by atoms with Gasteiger partial charge in [-0.15, -0.1) is 6.58 Å². The SMILES string of the molecule is C=CCCNC(/C=C/C)=NC. The van der Waals surface area contributed by atoms with Crippen molar-refractivity contribution >= 4 is 5.84 Å². The van der Waals surface area contributed by atoms with Crippen molar-refractivity contribution in [2.45, 2.75) is 13.3 Å². The maximum atomic E-state index is 4.03. The van der Waals surface area contributed by atoms with E-state index in [9.17, 15) is 0 Å². The Morgan fingerprint density at radius 3 is 2.82 bits per heavy atom. The topological polar surface area (TPSA) is 24.4 Å². The second kappa shape index (κ2) is 7.06. The summed E-state index contributed by atoms with van der Waals surface area (Å²) < 4.78 is 0. The van der Waals surface area contributed by atoms with Crippen molar-refractivity contribution in [2.24, 2.45) is 4.99 Å². The second-order valence-electron chi connectivity index (χ2n) is 2.11. The molecule has 0 aliphatic rings. The number of amidine groups is 1. The summed E-state index contributed by atoms with van der Waals surface area (Å²) in [5.41, 5.74) is 0. The van der Waals surface area contributed by atoms with E-state index in [2.05, 4.69) is 16.9 Å². The van der Waals surface area contributed by atoms with E-state index in [0.29, 0.717) is 0 Å². The third-order valence-corrected chi connectivity index (χ3v) is 1.22. The molecule has 0 radical (unpaired) electrons. The van der Waals surface area contributed by atoms with Gasteiger partial charge in [0.05, 0.1) is 0 Å². The largest absolute Gasteiger partial charge is 0.370 e. The summed E-state index contributed by atoms with van der Waals surface area (Å²) in [7, 11) is 1.77. The highest BCUT2D eigenvalue weighted by Gasteiger charge is 1.87. The Balaban J connectivity index is 3.62. The molecule has 62 valence electrons. The van der Waals surface area contributed by atoms with Crippen LogP contribution in [0.1, 0.15) is 13.3 Å². The smallest absolute Gasteiger partial charge is 0.120 e. The Bertz CT molecular complexity index is 157. The number of hydrogen-bond donors (Lipinski definition) is 1. The fourth-order valence-electron chi connectivity index (χ4n) is 0.673. The number of aliphatic imine (C=N–C) groups is 1. The average Bonchev–Trinajstić information content (AvgIpc) is 2.03. The first-order valence-electron chi connectivity index (χ1n) is 3.79. The van der Waals surface area contributed by atoms with E-state index in [0.717, 1.165) is 18.8 Å². The Hall–Kier alpha value is -1.05. The number of nitrogens with zero attached hydrogens (tertiary/aromatic N) is 1. The summed E-state index contributed by atoms with van der Waals surface area (Å²) in [5.74, 6) is 0.925. The molecule has 1 N–H and O–H groups in total. The minimum Gasteiger partial charge on any atom is -0.370 e. The Kier molecular flexibility index (Phi) is 6.39. The van der Waals surface area contributed by atoms with Crippen molar-refractivity contribution in [3.8, 4) is 0 Å². The lowest BCUT2D eigenvalue weighted by Crippen LogP contribution is -2.21. The molecular weight excluding hydrogens is 136 g/mol. The number of hydrogen-bond acceptors (Lipinski definition) is 1. The van der Waals surface area contributed by atoms with Gasteiger partial charge in [0, 0.05) is 13.6 Å². The molecule has 0 aliphatic heterocycles. The van der Waals surface area contributed by atoms with Gasteiger partial charge in [-0.3, -0.25) is 4.99 Å². The quantitative estimate of drug-likeness (QED) is 0.282. The lowest BCUT2D eigenvalue weighted by atomic mass is 10.4. The van der Waals surface area contributed by atoms with E-state index in [-0.39, 0.29) is 0 Å². The maximum absolute atomic E-state index is 4.03. The molecule has 0 aliphatic carbocycles. The van der Waals surface area contributed by atoms with Crippen molar-refractivity contribution in [3.05, 3.63) is 24.8 Å². The van der Waals surface area contributed by atoms with Crippen molar-refractivity contribution in [1.82, 2.24) is 5.32 Å². The molecule has 2 heteroatoms. The highest BCUT2D eigenvalue weighted by molar-refractivity contribution is 5.92. The highest BCUT2D eigenvalue weighted by Crippen LogP contribution is 1.80. The first-order chi connectivity index (χ1) is 5.35. The zero-order valence-corrected chi connectivity index (χ0v) is 7.30. The Morgan fingerprint density at radius 2 is 2.36 bits per heavy atom. The second-order valence-corrected chi connectivity index (χ2v) is 2.11. The van der Waals surface area contributed by atoms with Crippen molar-refractivity contribution in [2.75, 3.05) is 13.6 Å². The number of rotatable bonds is 4. The summed E-state index contributed by atoms with van der Waals surface area (Å²) in [6, 6.07) is 0. The minimum absolute atomic E-state index is 0.903. The first-order valence-corrected chi connectivity index (χ1v) is 3.79. The standard InChI is InChI=1S/C9H16N2/c1-4-6-8-11-9(10-3)7-5-2/h4-5,7H,1,6,8H2,2-3H3,(H,10,11)/b7-5+. The van der Waals surface area contributed by atoms with Crippen molar-refractivity contribution in [3.63, 3.8) is 0 Å². The summed E-state index contributed by atoms with van der Waals surface area (Å²) >= 11 is 0. The lowest BCUT2D eigenvalue weighted by molar-refractivity contribution is 0.891. The Morgan fingerprint density at radius 1 is 1.64 bits per heavy atom. The van der Waals surface area contributed by atoms with Gasteiger partial charge < -0.3 is 5.32 Å². The highest BCUT2D eigenvalue weighted by atomic mass is 15.0. The summed E-state index contributed by atoms with van der Waals surface area (Å²) in [6.45, 7) is 6.51. The number of allylic oxidation sites excluding steroid dienone is 1. The summed E-state index contributed by atoms with van der Waals surface area (Å²) in [5, 5.41) is 3.16. The molecule has 2 nitrogen and oxygen atoms in total. The normalized spacial score (nSPS) is 12.0. The molecule has 0 aromatic heterocycles. The van der Waals surface area contributed by atoms with E-state index in [1.807, 2.05) is 25.2 Å². The van der Waals surface area contributed by atoms with Crippen molar-refractivity contribution < 1.29 is 0 Å². The predicted molar refractivity (Wildman–Crippen MR) is 51.0 cm³/mol. The first kappa shape index (κ1) is 9.95. The van der Waals surface area contributed by atoms with Gasteiger partial charge in [0.15, 0.2) is 0 Å². The molecular formula is C9H16N2. The Labute approximate surface area is 68.7 Å². The van der Waals surface area contributed by atoms with Crippen LogP contribution in [-0.2, 0) is 0 Å². The van der Waals surface area contributed by atoms with Crippen LogP contribution < -0.4 is 5.32 Å². The monoisotopic (exact) mass is 152 g/mol. The molecule has 0 heterocycles. The molecule has 11 heavy (non-hydrogen) atoms. The van der Waals surface area contributed by atoms with Gasteiger partial charge in [-0.05, 0) is 19.4 Å². The zero-order valence-electron chi connectivity index (χ0n) is 7.30. The van der Waals surface area contributed by atoms with Crippen LogP contribution in [-0.4, -0.2) is 19.4 Å². The summed E-state index contributed by atoms with van der Waals surface area (Å²) in [4.78, 5) is 4.03.